The Labute approximate surface area is 106 Å². The fraction of sp³-hybridized carbons (Fsp3) is 0.385. The zero-order valence-corrected chi connectivity index (χ0v) is 10.8. The first-order valence-corrected chi connectivity index (χ1v) is 7.23. The Balaban J connectivity index is 1.90. The normalized spacial score (nSPS) is 10.6. The third kappa shape index (κ3) is 3.60. The smallest absolute Gasteiger partial charge is 0.0907 e. The molecule has 90 valence electrons. The van der Waals surface area contributed by atoms with Gasteiger partial charge < -0.3 is 5.32 Å². The maximum Gasteiger partial charge on any atom is 0.0907 e. The fourth-order valence-electron chi connectivity index (χ4n) is 1.68. The molecular weight excluding hydrogens is 230 g/mol. The molecule has 3 nitrogen and oxygen atoms in total. The van der Waals surface area contributed by atoms with Crippen LogP contribution in [0, 0.1) is 0 Å². The van der Waals surface area contributed by atoms with Gasteiger partial charge in [-0.2, -0.15) is 11.8 Å². The first-order chi connectivity index (χ1) is 8.40. The lowest BCUT2D eigenvalue weighted by atomic mass is 10.2. The second-order valence-corrected chi connectivity index (χ2v) is 4.87. The van der Waals surface area contributed by atoms with Gasteiger partial charge in [-0.05, 0) is 43.0 Å². The molecule has 0 fully saturated rings. The highest BCUT2D eigenvalue weighted by Crippen LogP contribution is 2.15. The molecule has 0 saturated carbocycles. The number of aromatic nitrogens is 2. The minimum absolute atomic E-state index is 0.945. The van der Waals surface area contributed by atoms with E-state index in [1.165, 1.54) is 18.6 Å². The lowest BCUT2D eigenvalue weighted by Crippen LogP contribution is -2.01. The number of benzene rings is 1. The summed E-state index contributed by atoms with van der Waals surface area (Å²) >= 11 is 1.90. The largest absolute Gasteiger partial charge is 0.385 e. The zero-order valence-electron chi connectivity index (χ0n) is 10.0. The molecule has 1 aromatic heterocycles. The van der Waals surface area contributed by atoms with E-state index in [9.17, 15) is 0 Å². The van der Waals surface area contributed by atoms with Gasteiger partial charge in [0.2, 0.25) is 0 Å². The number of hydrogen-bond donors (Lipinski definition) is 1. The molecule has 2 aromatic rings. The molecule has 0 aliphatic rings. The van der Waals surface area contributed by atoms with Crippen molar-refractivity contribution in [2.75, 3.05) is 23.9 Å². The first-order valence-electron chi connectivity index (χ1n) is 5.84. The van der Waals surface area contributed by atoms with Crippen molar-refractivity contribution in [3.63, 3.8) is 0 Å². The Kier molecular flexibility index (Phi) is 4.62. The number of thioether (sulfide) groups is 1. The summed E-state index contributed by atoms with van der Waals surface area (Å²) in [5.41, 5.74) is 3.02. The second-order valence-electron chi connectivity index (χ2n) is 3.89. The predicted octanol–water partition coefficient (Wildman–Crippen LogP) is 3.18. The zero-order chi connectivity index (χ0) is 11.9. The van der Waals surface area contributed by atoms with Crippen LogP contribution in [0.25, 0.3) is 11.0 Å². The minimum Gasteiger partial charge on any atom is -0.385 e. The van der Waals surface area contributed by atoms with Crippen molar-refractivity contribution >= 4 is 28.5 Å². The lowest BCUT2D eigenvalue weighted by Gasteiger charge is -2.06. The molecule has 0 spiro atoms. The molecule has 1 heterocycles. The molecule has 0 radical (unpaired) electrons. The quantitative estimate of drug-likeness (QED) is 0.796. The molecular formula is C13H17N3S. The Morgan fingerprint density at radius 2 is 1.94 bits per heavy atom. The molecule has 2 rings (SSSR count). The molecule has 1 aromatic carbocycles. The summed E-state index contributed by atoms with van der Waals surface area (Å²) in [6.07, 6.45) is 8.07. The maximum atomic E-state index is 4.29. The summed E-state index contributed by atoms with van der Waals surface area (Å²) in [5.74, 6) is 1.24. The molecule has 0 aliphatic carbocycles. The topological polar surface area (TPSA) is 37.8 Å². The molecule has 0 saturated heterocycles. The van der Waals surface area contributed by atoms with Crippen LogP contribution >= 0.6 is 11.8 Å². The van der Waals surface area contributed by atoms with Gasteiger partial charge in [-0.1, -0.05) is 0 Å². The van der Waals surface area contributed by atoms with Crippen molar-refractivity contribution in [2.45, 2.75) is 12.8 Å². The standard InChI is InChI=1S/C13H17N3S/c1-17-9-3-2-6-14-11-4-5-12-13(10-11)16-8-7-15-12/h4-5,7-8,10,14H,2-3,6,9H2,1H3. The van der Waals surface area contributed by atoms with E-state index in [0.717, 1.165) is 23.3 Å². The average molecular weight is 247 g/mol. The summed E-state index contributed by atoms with van der Waals surface area (Å²) in [6, 6.07) is 6.12. The van der Waals surface area contributed by atoms with Crippen molar-refractivity contribution in [1.29, 1.82) is 0 Å². The monoisotopic (exact) mass is 247 g/mol. The van der Waals surface area contributed by atoms with E-state index in [1.807, 2.05) is 17.8 Å². The molecule has 0 atom stereocenters. The summed E-state index contributed by atoms with van der Waals surface area (Å²) in [5, 5.41) is 3.42. The van der Waals surface area contributed by atoms with Crippen molar-refractivity contribution in [1.82, 2.24) is 9.97 Å². The summed E-state index contributed by atoms with van der Waals surface area (Å²) in [7, 11) is 0. The van der Waals surface area contributed by atoms with Gasteiger partial charge in [0.1, 0.15) is 0 Å². The number of hydrogen-bond acceptors (Lipinski definition) is 4. The van der Waals surface area contributed by atoms with Crippen molar-refractivity contribution in [3.05, 3.63) is 30.6 Å². The summed E-state index contributed by atoms with van der Waals surface area (Å²) in [4.78, 5) is 8.54. The third-order valence-corrected chi connectivity index (χ3v) is 3.27. The first kappa shape index (κ1) is 12.2. The summed E-state index contributed by atoms with van der Waals surface area (Å²) in [6.45, 7) is 1.02. The number of rotatable bonds is 6. The van der Waals surface area contributed by atoms with Crippen molar-refractivity contribution in [2.24, 2.45) is 0 Å². The lowest BCUT2D eigenvalue weighted by molar-refractivity contribution is 0.843. The van der Waals surface area contributed by atoms with E-state index in [2.05, 4.69) is 33.7 Å². The van der Waals surface area contributed by atoms with E-state index in [-0.39, 0.29) is 0 Å². The van der Waals surface area contributed by atoms with Gasteiger partial charge in [0, 0.05) is 24.6 Å². The SMILES string of the molecule is CSCCCCNc1ccc2nccnc2c1. The Bertz CT molecular complexity index is 473. The number of anilines is 1. The molecule has 0 unspecified atom stereocenters. The maximum absolute atomic E-state index is 4.29. The van der Waals surface area contributed by atoms with Crippen LogP contribution in [0.2, 0.25) is 0 Å². The summed E-state index contributed by atoms with van der Waals surface area (Å²) < 4.78 is 0. The number of unbranched alkanes of at least 4 members (excludes halogenated alkanes) is 1. The van der Waals surface area contributed by atoms with Crippen LogP contribution in [-0.2, 0) is 0 Å². The van der Waals surface area contributed by atoms with Crippen LogP contribution in [0.5, 0.6) is 0 Å². The van der Waals surface area contributed by atoms with E-state index >= 15 is 0 Å². The van der Waals surface area contributed by atoms with Crippen LogP contribution in [0.4, 0.5) is 5.69 Å². The van der Waals surface area contributed by atoms with Gasteiger partial charge in [-0.3, -0.25) is 9.97 Å². The van der Waals surface area contributed by atoms with Gasteiger partial charge >= 0.3 is 0 Å². The number of nitrogens with one attached hydrogen (secondary N) is 1. The van der Waals surface area contributed by atoms with Crippen LogP contribution in [0.3, 0.4) is 0 Å². The Morgan fingerprint density at radius 1 is 1.12 bits per heavy atom. The molecule has 17 heavy (non-hydrogen) atoms. The Hall–Kier alpha value is -1.29. The highest BCUT2D eigenvalue weighted by Gasteiger charge is 1.97. The van der Waals surface area contributed by atoms with Gasteiger partial charge in [0.25, 0.3) is 0 Å². The van der Waals surface area contributed by atoms with E-state index in [1.54, 1.807) is 12.4 Å². The van der Waals surface area contributed by atoms with Crippen LogP contribution in [0.15, 0.2) is 30.6 Å². The van der Waals surface area contributed by atoms with Crippen LogP contribution in [-0.4, -0.2) is 28.5 Å². The molecule has 1 N–H and O–H groups in total. The van der Waals surface area contributed by atoms with Gasteiger partial charge in [-0.25, -0.2) is 0 Å². The average Bonchev–Trinajstić information content (AvgIpc) is 2.38. The molecule has 0 aliphatic heterocycles. The fourth-order valence-corrected chi connectivity index (χ4v) is 2.17. The highest BCUT2D eigenvalue weighted by atomic mass is 32.2. The Morgan fingerprint density at radius 3 is 2.76 bits per heavy atom. The van der Waals surface area contributed by atoms with Crippen molar-refractivity contribution < 1.29 is 0 Å². The van der Waals surface area contributed by atoms with Gasteiger partial charge in [-0.15, -0.1) is 0 Å². The predicted molar refractivity (Wildman–Crippen MR) is 75.6 cm³/mol. The van der Waals surface area contributed by atoms with Crippen LogP contribution in [0.1, 0.15) is 12.8 Å². The third-order valence-electron chi connectivity index (χ3n) is 2.57. The van der Waals surface area contributed by atoms with E-state index < -0.39 is 0 Å². The molecule has 0 bridgehead atoms. The van der Waals surface area contributed by atoms with E-state index in [4.69, 9.17) is 0 Å². The van der Waals surface area contributed by atoms with Gasteiger partial charge in [0.05, 0.1) is 11.0 Å². The number of nitrogens with zero attached hydrogens (tertiary/aromatic N) is 2. The molecule has 4 heteroatoms. The van der Waals surface area contributed by atoms with E-state index in [0.29, 0.717) is 0 Å². The highest BCUT2D eigenvalue weighted by molar-refractivity contribution is 7.98. The van der Waals surface area contributed by atoms with Crippen molar-refractivity contribution in [3.8, 4) is 0 Å². The number of fused-ring (bicyclic) bond motifs is 1. The molecule has 0 amide bonds. The van der Waals surface area contributed by atoms with Gasteiger partial charge in [0.15, 0.2) is 0 Å². The van der Waals surface area contributed by atoms with Crippen LogP contribution < -0.4 is 5.32 Å². The second kappa shape index (κ2) is 6.45. The minimum atomic E-state index is 0.945.